The Balaban J connectivity index is 1.55. The number of aromatic nitrogens is 1. The van der Waals surface area contributed by atoms with Gasteiger partial charge < -0.3 is 14.6 Å². The molecule has 3 rings (SSSR count). The Morgan fingerprint density at radius 3 is 2.48 bits per heavy atom. The van der Waals surface area contributed by atoms with Crippen LogP contribution in [0.4, 0.5) is 0 Å². The van der Waals surface area contributed by atoms with Crippen LogP contribution in [0.15, 0.2) is 36.5 Å². The number of aliphatic hydroxyl groups is 1. The maximum atomic E-state index is 10.7. The summed E-state index contributed by atoms with van der Waals surface area (Å²) in [5.41, 5.74) is 3.15. The van der Waals surface area contributed by atoms with E-state index >= 15 is 0 Å². The number of methoxy groups -OCH3 is 2. The van der Waals surface area contributed by atoms with E-state index in [1.807, 2.05) is 30.5 Å². The second kappa shape index (κ2) is 9.17. The molecule has 2 aromatic rings. The fourth-order valence-corrected chi connectivity index (χ4v) is 3.47. The number of rotatable bonds is 7. The third-order valence-corrected chi connectivity index (χ3v) is 5.18. The van der Waals surface area contributed by atoms with E-state index in [0.29, 0.717) is 12.3 Å². The van der Waals surface area contributed by atoms with Crippen LogP contribution in [0.2, 0.25) is 0 Å². The van der Waals surface area contributed by atoms with Gasteiger partial charge in [0.1, 0.15) is 11.5 Å². The zero-order chi connectivity index (χ0) is 19.2. The van der Waals surface area contributed by atoms with E-state index in [-0.39, 0.29) is 0 Å². The van der Waals surface area contributed by atoms with Gasteiger partial charge in [0.25, 0.3) is 0 Å². The summed E-state index contributed by atoms with van der Waals surface area (Å²) in [7, 11) is 3.25. The number of β-amino-alcohol motifs (C(OH)–C–C–N with tert-alkyl or cyclic N) is 1. The van der Waals surface area contributed by atoms with Crippen LogP contribution in [0.1, 0.15) is 22.9 Å². The van der Waals surface area contributed by atoms with Crippen LogP contribution < -0.4 is 9.47 Å². The highest BCUT2D eigenvalue weighted by Gasteiger charge is 2.22. The lowest BCUT2D eigenvalue weighted by atomic mass is 10.1. The topological polar surface area (TPSA) is 58.1 Å². The predicted molar refractivity (Wildman–Crippen MR) is 105 cm³/mol. The summed E-state index contributed by atoms with van der Waals surface area (Å²) in [4.78, 5) is 9.21. The van der Waals surface area contributed by atoms with E-state index in [1.165, 1.54) is 5.56 Å². The Morgan fingerprint density at radius 1 is 1.07 bits per heavy atom. The minimum atomic E-state index is -0.611. The van der Waals surface area contributed by atoms with Crippen molar-refractivity contribution in [1.29, 1.82) is 0 Å². The molecule has 1 aliphatic heterocycles. The lowest BCUT2D eigenvalue weighted by molar-refractivity contribution is 0.0684. The number of hydrogen-bond acceptors (Lipinski definition) is 6. The average molecular weight is 371 g/mol. The number of hydrogen-bond donors (Lipinski definition) is 1. The zero-order valence-electron chi connectivity index (χ0n) is 16.4. The minimum absolute atomic E-state index is 0.583. The molecule has 1 aromatic heterocycles. The molecule has 1 aliphatic rings. The number of nitrogens with zero attached hydrogens (tertiary/aromatic N) is 3. The van der Waals surface area contributed by atoms with E-state index in [9.17, 15) is 5.11 Å². The van der Waals surface area contributed by atoms with E-state index in [4.69, 9.17) is 9.47 Å². The van der Waals surface area contributed by atoms with Gasteiger partial charge in [0.2, 0.25) is 0 Å². The molecular weight excluding hydrogens is 342 g/mol. The predicted octanol–water partition coefficient (Wildman–Crippen LogP) is 2.26. The summed E-state index contributed by atoms with van der Waals surface area (Å²) in [6.45, 7) is 7.36. The molecule has 146 valence electrons. The van der Waals surface area contributed by atoms with Gasteiger partial charge in [-0.3, -0.25) is 14.8 Å². The Labute approximate surface area is 161 Å². The molecule has 1 N–H and O–H groups in total. The van der Waals surface area contributed by atoms with Crippen LogP contribution in [0, 0.1) is 6.92 Å². The first-order valence-corrected chi connectivity index (χ1v) is 9.36. The summed E-state index contributed by atoms with van der Waals surface area (Å²) in [6.07, 6.45) is 1.25. The average Bonchev–Trinajstić information content (AvgIpc) is 2.70. The van der Waals surface area contributed by atoms with Gasteiger partial charge in [0.05, 0.1) is 26.0 Å². The summed E-state index contributed by atoms with van der Waals surface area (Å²) in [5.74, 6) is 1.41. The molecule has 0 aliphatic carbocycles. The molecule has 0 bridgehead atoms. The van der Waals surface area contributed by atoms with Gasteiger partial charge in [-0.05, 0) is 36.8 Å². The first-order valence-electron chi connectivity index (χ1n) is 9.36. The summed E-state index contributed by atoms with van der Waals surface area (Å²) >= 11 is 0. The molecule has 0 saturated carbocycles. The first-order chi connectivity index (χ1) is 13.1. The largest absolute Gasteiger partial charge is 0.497 e. The molecular formula is C21H29N3O3. The van der Waals surface area contributed by atoms with Crippen LogP contribution in [0.3, 0.4) is 0 Å². The monoisotopic (exact) mass is 371 g/mol. The Morgan fingerprint density at radius 2 is 1.81 bits per heavy atom. The van der Waals surface area contributed by atoms with E-state index in [2.05, 4.69) is 27.8 Å². The van der Waals surface area contributed by atoms with Gasteiger partial charge in [-0.25, -0.2) is 0 Å². The van der Waals surface area contributed by atoms with Crippen molar-refractivity contribution in [2.24, 2.45) is 0 Å². The summed E-state index contributed by atoms with van der Waals surface area (Å²) in [6, 6.07) is 9.61. The maximum absolute atomic E-state index is 10.7. The second-order valence-electron chi connectivity index (χ2n) is 6.97. The van der Waals surface area contributed by atoms with Crippen molar-refractivity contribution in [2.75, 3.05) is 46.9 Å². The third-order valence-electron chi connectivity index (χ3n) is 5.18. The molecule has 1 aromatic carbocycles. The molecule has 1 atom stereocenters. The molecule has 6 heteroatoms. The molecule has 6 nitrogen and oxygen atoms in total. The molecule has 0 spiro atoms. The number of aliphatic hydroxyl groups excluding tert-OH is 1. The van der Waals surface area contributed by atoms with Gasteiger partial charge in [0.15, 0.2) is 0 Å². The van der Waals surface area contributed by atoms with E-state index in [0.717, 1.165) is 49.7 Å². The maximum Gasteiger partial charge on any atom is 0.124 e. The van der Waals surface area contributed by atoms with Crippen molar-refractivity contribution < 1.29 is 14.6 Å². The van der Waals surface area contributed by atoms with E-state index in [1.54, 1.807) is 14.2 Å². The number of pyridine rings is 1. The van der Waals surface area contributed by atoms with Gasteiger partial charge in [-0.1, -0.05) is 6.07 Å². The van der Waals surface area contributed by atoms with Crippen LogP contribution in [0.25, 0.3) is 0 Å². The van der Waals surface area contributed by atoms with Crippen LogP contribution in [-0.2, 0) is 6.54 Å². The first kappa shape index (κ1) is 19.6. The van der Waals surface area contributed by atoms with Gasteiger partial charge in [-0.2, -0.15) is 0 Å². The summed E-state index contributed by atoms with van der Waals surface area (Å²) < 4.78 is 10.7. The molecule has 0 amide bonds. The normalized spacial score (nSPS) is 16.9. The van der Waals surface area contributed by atoms with Crippen LogP contribution >= 0.6 is 0 Å². The fraction of sp³-hybridized carbons (Fsp3) is 0.476. The van der Waals surface area contributed by atoms with E-state index < -0.39 is 6.10 Å². The molecule has 0 radical (unpaired) electrons. The molecule has 0 unspecified atom stereocenters. The minimum Gasteiger partial charge on any atom is -0.497 e. The quantitative estimate of drug-likeness (QED) is 0.806. The lowest BCUT2D eigenvalue weighted by Gasteiger charge is -2.35. The van der Waals surface area contributed by atoms with Crippen LogP contribution in [-0.4, -0.2) is 66.8 Å². The molecule has 1 fully saturated rings. The Kier molecular flexibility index (Phi) is 6.66. The van der Waals surface area contributed by atoms with Crippen molar-refractivity contribution in [2.45, 2.75) is 19.6 Å². The highest BCUT2D eigenvalue weighted by molar-refractivity contribution is 5.41. The second-order valence-corrected chi connectivity index (χ2v) is 6.97. The Bertz CT molecular complexity index is 745. The highest BCUT2D eigenvalue weighted by atomic mass is 16.5. The van der Waals surface area contributed by atoms with Crippen LogP contribution in [0.5, 0.6) is 11.5 Å². The zero-order valence-corrected chi connectivity index (χ0v) is 16.4. The number of piperazine rings is 1. The standard InChI is InChI=1S/C21H29N3O3/c1-16-5-4-8-22-19(16)14-23-9-11-24(12-10-23)15-20(25)18-13-17(26-2)6-7-21(18)27-3/h4-8,13,20,25H,9-12,14-15H2,1-3H3/t20-/m1/s1. The fourth-order valence-electron chi connectivity index (χ4n) is 3.47. The number of benzene rings is 1. The number of ether oxygens (including phenoxy) is 2. The SMILES string of the molecule is COc1ccc(OC)c([C@H](O)CN2CCN(Cc3ncccc3C)CC2)c1. The highest BCUT2D eigenvalue weighted by Crippen LogP contribution is 2.30. The van der Waals surface area contributed by atoms with Crippen molar-refractivity contribution in [3.05, 3.63) is 53.3 Å². The Hall–Kier alpha value is -2.15. The van der Waals surface area contributed by atoms with Crippen molar-refractivity contribution >= 4 is 0 Å². The van der Waals surface area contributed by atoms with Crippen molar-refractivity contribution in [3.8, 4) is 11.5 Å². The third kappa shape index (κ3) is 4.97. The smallest absolute Gasteiger partial charge is 0.124 e. The lowest BCUT2D eigenvalue weighted by Crippen LogP contribution is -2.47. The molecule has 2 heterocycles. The van der Waals surface area contributed by atoms with Gasteiger partial charge >= 0.3 is 0 Å². The molecule has 27 heavy (non-hydrogen) atoms. The van der Waals surface area contributed by atoms with Crippen molar-refractivity contribution in [3.63, 3.8) is 0 Å². The van der Waals surface area contributed by atoms with Gasteiger partial charge in [0, 0.05) is 51.0 Å². The van der Waals surface area contributed by atoms with Crippen molar-refractivity contribution in [1.82, 2.24) is 14.8 Å². The van der Waals surface area contributed by atoms with Gasteiger partial charge in [-0.15, -0.1) is 0 Å². The number of aryl methyl sites for hydroxylation is 1. The summed E-state index contributed by atoms with van der Waals surface area (Å²) in [5, 5.41) is 10.7. The molecule has 1 saturated heterocycles.